The summed E-state index contributed by atoms with van der Waals surface area (Å²) in [6, 6.07) is 27.9. The van der Waals surface area contributed by atoms with E-state index in [2.05, 4.69) is 17.4 Å². The molecule has 0 saturated heterocycles. The molecule has 5 aromatic rings. The Balaban J connectivity index is 1.69. The van der Waals surface area contributed by atoms with Crippen molar-refractivity contribution in [1.29, 1.82) is 0 Å². The van der Waals surface area contributed by atoms with Gasteiger partial charge in [-0.1, -0.05) is 78.9 Å². The molecule has 0 aliphatic rings. The minimum absolute atomic E-state index is 0.0259. The number of pyridine rings is 1. The molecule has 198 valence electrons. The molecule has 0 bridgehead atoms. The monoisotopic (exact) mass is 538 g/mol. The lowest BCUT2D eigenvalue weighted by Crippen LogP contribution is -2.21. The van der Waals surface area contributed by atoms with Crippen LogP contribution >= 0.6 is 11.3 Å². The van der Waals surface area contributed by atoms with E-state index in [0.29, 0.717) is 25.0 Å². The van der Waals surface area contributed by atoms with Gasteiger partial charge in [-0.2, -0.15) is 0 Å². The van der Waals surface area contributed by atoms with Crippen LogP contribution in [0.5, 0.6) is 5.75 Å². The number of nitrogens with one attached hydrogen (secondary N) is 1. The maximum absolute atomic E-state index is 13.9. The molecule has 0 radical (unpaired) electrons. The lowest BCUT2D eigenvalue weighted by Gasteiger charge is -2.14. The number of benzene rings is 3. The van der Waals surface area contributed by atoms with Crippen molar-refractivity contribution in [2.75, 3.05) is 13.7 Å². The molecular formula is C32H30N2O4S. The van der Waals surface area contributed by atoms with E-state index in [4.69, 9.17) is 9.47 Å². The fourth-order valence-electron chi connectivity index (χ4n) is 4.73. The fraction of sp³-hybridized carbons (Fsp3) is 0.188. The maximum Gasteiger partial charge on any atom is 0.343 e. The third kappa shape index (κ3) is 5.65. The van der Waals surface area contributed by atoms with Gasteiger partial charge in [0.05, 0.1) is 25.6 Å². The van der Waals surface area contributed by atoms with Gasteiger partial charge in [-0.15, -0.1) is 11.3 Å². The number of aromatic nitrogens is 1. The molecule has 0 unspecified atom stereocenters. The molecule has 7 heteroatoms. The number of hydrogen-bond donors (Lipinski definition) is 1. The zero-order valence-electron chi connectivity index (χ0n) is 22.0. The molecule has 1 N–H and O–H groups in total. The van der Waals surface area contributed by atoms with Gasteiger partial charge in [0.15, 0.2) is 0 Å². The average Bonchev–Trinajstić information content (AvgIpc) is 3.36. The highest BCUT2D eigenvalue weighted by Crippen LogP contribution is 2.38. The van der Waals surface area contributed by atoms with Crippen molar-refractivity contribution in [1.82, 2.24) is 9.88 Å². The Morgan fingerprint density at radius 1 is 0.923 bits per heavy atom. The van der Waals surface area contributed by atoms with Crippen LogP contribution in [0.2, 0.25) is 0 Å². The predicted octanol–water partition coefficient (Wildman–Crippen LogP) is 6.25. The molecular weight excluding hydrogens is 508 g/mol. The first-order valence-corrected chi connectivity index (χ1v) is 13.7. The van der Waals surface area contributed by atoms with Gasteiger partial charge in [0.25, 0.3) is 0 Å². The predicted molar refractivity (Wildman–Crippen MR) is 157 cm³/mol. The Morgan fingerprint density at radius 3 is 2.33 bits per heavy atom. The highest BCUT2D eigenvalue weighted by molar-refractivity contribution is 7.19. The van der Waals surface area contributed by atoms with Crippen molar-refractivity contribution in [3.8, 4) is 16.9 Å². The highest BCUT2D eigenvalue weighted by atomic mass is 32.1. The summed E-state index contributed by atoms with van der Waals surface area (Å²) >= 11 is 1.57. The summed E-state index contributed by atoms with van der Waals surface area (Å²) in [7, 11) is 1.64. The first-order chi connectivity index (χ1) is 19.1. The van der Waals surface area contributed by atoms with Gasteiger partial charge in [-0.3, -0.25) is 4.79 Å². The number of hydrogen-bond acceptors (Lipinski definition) is 6. The molecule has 0 aliphatic carbocycles. The van der Waals surface area contributed by atoms with Gasteiger partial charge >= 0.3 is 5.97 Å². The molecule has 0 saturated carbocycles. The number of rotatable bonds is 10. The average molecular weight is 539 g/mol. The van der Waals surface area contributed by atoms with E-state index in [0.717, 1.165) is 32.1 Å². The molecule has 3 aromatic carbocycles. The summed E-state index contributed by atoms with van der Waals surface area (Å²) in [6.45, 7) is 3.62. The normalized spacial score (nSPS) is 11.0. The number of methoxy groups -OCH3 is 1. The van der Waals surface area contributed by atoms with E-state index >= 15 is 0 Å². The maximum atomic E-state index is 13.9. The summed E-state index contributed by atoms with van der Waals surface area (Å²) in [5, 5.41) is 4.07. The van der Waals surface area contributed by atoms with Crippen LogP contribution in [-0.4, -0.2) is 24.3 Å². The lowest BCUT2D eigenvalue weighted by molar-refractivity contribution is 0.0524. The quantitative estimate of drug-likeness (QED) is 0.213. The molecule has 2 aromatic heterocycles. The Kier molecular flexibility index (Phi) is 8.20. The van der Waals surface area contributed by atoms with Gasteiger partial charge < -0.3 is 19.4 Å². The SMILES string of the molecule is CCOC(=O)c1cn(Cc2ccccc2OC)c2sc(CNCc3ccccc3)c(-c3ccccc3)c2c1=O. The molecule has 39 heavy (non-hydrogen) atoms. The Hall–Kier alpha value is -4.20. The van der Waals surface area contributed by atoms with Gasteiger partial charge in [0, 0.05) is 35.3 Å². The van der Waals surface area contributed by atoms with Gasteiger partial charge in [-0.05, 0) is 24.1 Å². The number of fused-ring (bicyclic) bond motifs is 1. The third-order valence-corrected chi connectivity index (χ3v) is 7.76. The zero-order chi connectivity index (χ0) is 27.2. The molecule has 0 aliphatic heterocycles. The summed E-state index contributed by atoms with van der Waals surface area (Å²) < 4.78 is 12.8. The number of esters is 1. The number of ether oxygens (including phenoxy) is 2. The van der Waals surface area contributed by atoms with Crippen molar-refractivity contribution in [3.63, 3.8) is 0 Å². The van der Waals surface area contributed by atoms with Crippen molar-refractivity contribution >= 4 is 27.5 Å². The number of carbonyl (C=O) groups excluding carboxylic acids is 1. The van der Waals surface area contributed by atoms with Gasteiger partial charge in [0.2, 0.25) is 5.43 Å². The van der Waals surface area contributed by atoms with E-state index in [9.17, 15) is 9.59 Å². The zero-order valence-corrected chi connectivity index (χ0v) is 22.8. The lowest BCUT2D eigenvalue weighted by atomic mass is 10.0. The van der Waals surface area contributed by atoms with E-state index < -0.39 is 5.97 Å². The molecule has 5 rings (SSSR count). The van der Waals surface area contributed by atoms with Crippen molar-refractivity contribution in [2.24, 2.45) is 0 Å². The number of nitrogens with zero attached hydrogens (tertiary/aromatic N) is 1. The van der Waals surface area contributed by atoms with Crippen molar-refractivity contribution in [3.05, 3.63) is 123 Å². The standard InChI is InChI=1S/C32H30N2O4S/c1-3-38-32(36)25-21-34(20-24-16-10-11-17-26(24)37-2)31-29(30(25)35)28(23-14-8-5-9-15-23)27(39-31)19-33-18-22-12-6-4-7-13-22/h4-17,21,33H,3,18-20H2,1-2H3. The van der Waals surface area contributed by atoms with Gasteiger partial charge in [0.1, 0.15) is 16.1 Å². The summed E-state index contributed by atoms with van der Waals surface area (Å²) in [4.78, 5) is 28.7. The number of thiophene rings is 1. The van der Waals surface area contributed by atoms with Crippen LogP contribution in [0.15, 0.2) is 95.9 Å². The van der Waals surface area contributed by atoms with Crippen LogP contribution in [0.1, 0.15) is 33.3 Å². The third-order valence-electron chi connectivity index (χ3n) is 6.53. The Bertz CT molecular complexity index is 1640. The molecule has 0 amide bonds. The minimum Gasteiger partial charge on any atom is -0.496 e. The summed E-state index contributed by atoms with van der Waals surface area (Å²) in [6.07, 6.45) is 1.63. The molecule has 0 fully saturated rings. The molecule has 6 nitrogen and oxygen atoms in total. The van der Waals surface area contributed by atoms with E-state index in [-0.39, 0.29) is 17.6 Å². The van der Waals surface area contributed by atoms with Crippen molar-refractivity contribution < 1.29 is 14.3 Å². The van der Waals surface area contributed by atoms with E-state index in [1.807, 2.05) is 77.4 Å². The van der Waals surface area contributed by atoms with Crippen LogP contribution in [0, 0.1) is 0 Å². The summed E-state index contributed by atoms with van der Waals surface area (Å²) in [5.74, 6) is 0.124. The molecule has 2 heterocycles. The largest absolute Gasteiger partial charge is 0.496 e. The minimum atomic E-state index is -0.618. The van der Waals surface area contributed by atoms with Crippen LogP contribution in [0.4, 0.5) is 0 Å². The smallest absolute Gasteiger partial charge is 0.343 e. The number of para-hydroxylation sites is 1. The second kappa shape index (κ2) is 12.1. The molecule has 0 spiro atoms. The van der Waals surface area contributed by atoms with E-state index in [1.165, 1.54) is 5.56 Å². The Morgan fingerprint density at radius 2 is 1.62 bits per heavy atom. The first kappa shape index (κ1) is 26.4. The molecule has 0 atom stereocenters. The summed E-state index contributed by atoms with van der Waals surface area (Å²) in [5.41, 5.74) is 3.61. The second-order valence-electron chi connectivity index (χ2n) is 9.07. The van der Waals surface area contributed by atoms with Crippen LogP contribution in [-0.2, 0) is 24.4 Å². The Labute approximate surface area is 231 Å². The van der Waals surface area contributed by atoms with Gasteiger partial charge in [-0.25, -0.2) is 4.79 Å². The highest BCUT2D eigenvalue weighted by Gasteiger charge is 2.24. The van der Waals surface area contributed by atoms with Crippen LogP contribution < -0.4 is 15.5 Å². The first-order valence-electron chi connectivity index (χ1n) is 12.9. The van der Waals surface area contributed by atoms with E-state index in [1.54, 1.807) is 31.6 Å². The van der Waals surface area contributed by atoms with Crippen LogP contribution in [0.25, 0.3) is 21.3 Å². The van der Waals surface area contributed by atoms with Crippen LogP contribution in [0.3, 0.4) is 0 Å². The second-order valence-corrected chi connectivity index (χ2v) is 10.2. The topological polar surface area (TPSA) is 69.6 Å². The number of carbonyl (C=O) groups is 1. The fourth-order valence-corrected chi connectivity index (χ4v) is 5.99. The van der Waals surface area contributed by atoms with Crippen molar-refractivity contribution in [2.45, 2.75) is 26.6 Å².